The van der Waals surface area contributed by atoms with Crippen molar-refractivity contribution in [2.45, 2.75) is 39.3 Å². The van der Waals surface area contributed by atoms with Crippen LogP contribution in [0.25, 0.3) is 11.0 Å². The molecule has 0 aliphatic rings. The van der Waals surface area contributed by atoms with Crippen LogP contribution < -0.4 is 0 Å². The van der Waals surface area contributed by atoms with E-state index in [1.165, 1.54) is 6.20 Å². The Hall–Kier alpha value is -0.713. The molecule has 0 atom stereocenters. The third kappa shape index (κ3) is 4.68. The van der Waals surface area contributed by atoms with Crippen LogP contribution in [0.1, 0.15) is 17.3 Å². The van der Waals surface area contributed by atoms with E-state index < -0.39 is 14.0 Å². The van der Waals surface area contributed by atoms with Crippen molar-refractivity contribution in [3.8, 4) is 0 Å². The fraction of sp³-hybridized carbons (Fsp3) is 0.533. The minimum absolute atomic E-state index is 0.262. The van der Waals surface area contributed by atoms with Crippen LogP contribution in [-0.4, -0.2) is 42.0 Å². The summed E-state index contributed by atoms with van der Waals surface area (Å²) < 4.78 is 13.1. The monoisotopic (exact) mass is 481 g/mol. The Labute approximate surface area is 161 Å². The molecule has 0 unspecified atom stereocenters. The minimum atomic E-state index is -1.13. The molecule has 24 heavy (non-hydrogen) atoms. The molecule has 0 radical (unpaired) electrons. The average molecular weight is 482 g/mol. The highest BCUT2D eigenvalue weighted by molar-refractivity contribution is 14.1. The predicted octanol–water partition coefficient (Wildman–Crippen LogP) is 4.18. The summed E-state index contributed by atoms with van der Waals surface area (Å²) >= 11 is 8.23. The largest absolute Gasteiger partial charge is 0.462 e. The topological polar surface area (TPSA) is 66.2 Å². The summed E-state index contributed by atoms with van der Waals surface area (Å²) in [5, 5.41) is 5.30. The summed E-state index contributed by atoms with van der Waals surface area (Å²) in [7, 11) is -1.13. The average Bonchev–Trinajstić information content (AvgIpc) is 2.79. The third-order valence-electron chi connectivity index (χ3n) is 3.36. The summed E-state index contributed by atoms with van der Waals surface area (Å²) in [4.78, 5) is 16.5. The summed E-state index contributed by atoms with van der Waals surface area (Å²) in [5.74, 6) is -0.466. The number of ether oxygens (including phenoxy) is 2. The van der Waals surface area contributed by atoms with Crippen LogP contribution >= 0.6 is 34.2 Å². The highest BCUT2D eigenvalue weighted by atomic mass is 127. The van der Waals surface area contributed by atoms with Crippen molar-refractivity contribution in [2.24, 2.45) is 0 Å². The highest BCUT2D eigenvalue weighted by Crippen LogP contribution is 2.29. The number of aromatic nitrogens is 3. The van der Waals surface area contributed by atoms with Gasteiger partial charge in [0.25, 0.3) is 0 Å². The number of halogens is 2. The van der Waals surface area contributed by atoms with E-state index in [2.05, 4.69) is 52.3 Å². The van der Waals surface area contributed by atoms with Crippen LogP contribution in [0.2, 0.25) is 30.7 Å². The van der Waals surface area contributed by atoms with Crippen molar-refractivity contribution in [3.05, 3.63) is 20.5 Å². The second-order valence-electron chi connectivity index (χ2n) is 6.54. The molecule has 0 saturated carbocycles. The van der Waals surface area contributed by atoms with Gasteiger partial charge in [0.1, 0.15) is 10.4 Å². The van der Waals surface area contributed by atoms with Crippen molar-refractivity contribution in [1.29, 1.82) is 0 Å². The normalized spacial score (nSPS) is 11.9. The maximum Gasteiger partial charge on any atom is 0.340 e. The number of nitrogens with zero attached hydrogens (tertiary/aromatic N) is 3. The molecule has 0 amide bonds. The van der Waals surface area contributed by atoms with Gasteiger partial charge in [-0.15, -0.1) is 0 Å². The van der Waals surface area contributed by atoms with Gasteiger partial charge in [-0.25, -0.2) is 14.5 Å². The second-order valence-corrected chi connectivity index (χ2v) is 13.6. The molecule has 6 nitrogen and oxygen atoms in total. The lowest BCUT2D eigenvalue weighted by Crippen LogP contribution is -2.22. The van der Waals surface area contributed by atoms with Crippen LogP contribution in [0.4, 0.5) is 0 Å². The predicted molar refractivity (Wildman–Crippen MR) is 105 cm³/mol. The van der Waals surface area contributed by atoms with E-state index in [-0.39, 0.29) is 11.6 Å². The molecular weight excluding hydrogens is 461 g/mol. The number of fused-ring (bicyclic) bond motifs is 1. The molecule has 9 heteroatoms. The van der Waals surface area contributed by atoms with Gasteiger partial charge in [0.2, 0.25) is 0 Å². The third-order valence-corrected chi connectivity index (χ3v) is 6.11. The Bertz CT molecular complexity index is 746. The molecule has 132 valence electrons. The van der Waals surface area contributed by atoms with Crippen molar-refractivity contribution in [1.82, 2.24) is 14.8 Å². The fourth-order valence-corrected chi connectivity index (χ4v) is 3.84. The lowest BCUT2D eigenvalue weighted by Gasteiger charge is -2.15. The standard InChI is InChI=1S/C15H21ClIN3O3Si/c1-5-23-15(21)11-10(16)8-18-14-12(11)13(17)19-20(14)9-22-6-7-24(2,3)4/h8H,5-7,9H2,1-4H3. The van der Waals surface area contributed by atoms with E-state index in [0.29, 0.717) is 33.6 Å². The Morgan fingerprint density at radius 3 is 2.75 bits per heavy atom. The summed E-state index contributed by atoms with van der Waals surface area (Å²) in [6.45, 7) is 9.93. The number of pyridine rings is 1. The molecule has 0 N–H and O–H groups in total. The van der Waals surface area contributed by atoms with Gasteiger partial charge in [-0.05, 0) is 35.6 Å². The summed E-state index contributed by atoms with van der Waals surface area (Å²) in [6.07, 6.45) is 1.45. The summed E-state index contributed by atoms with van der Waals surface area (Å²) in [5.41, 5.74) is 0.876. The molecule has 0 saturated heterocycles. The smallest absolute Gasteiger partial charge is 0.340 e. The van der Waals surface area contributed by atoms with Crippen molar-refractivity contribution in [2.75, 3.05) is 13.2 Å². The minimum Gasteiger partial charge on any atom is -0.462 e. The van der Waals surface area contributed by atoms with E-state index >= 15 is 0 Å². The number of hydrogen-bond acceptors (Lipinski definition) is 5. The molecule has 0 aliphatic heterocycles. The Kier molecular flexibility index (Phi) is 6.63. The van der Waals surface area contributed by atoms with E-state index in [4.69, 9.17) is 21.1 Å². The van der Waals surface area contributed by atoms with Gasteiger partial charge in [-0.3, -0.25) is 0 Å². The van der Waals surface area contributed by atoms with Gasteiger partial charge in [0.15, 0.2) is 5.65 Å². The van der Waals surface area contributed by atoms with Gasteiger partial charge in [0, 0.05) is 20.9 Å². The first-order valence-electron chi connectivity index (χ1n) is 7.70. The molecule has 0 bridgehead atoms. The number of carbonyl (C=O) groups is 1. The van der Waals surface area contributed by atoms with Gasteiger partial charge in [-0.1, -0.05) is 31.2 Å². The Balaban J connectivity index is 2.28. The number of esters is 1. The summed E-state index contributed by atoms with van der Waals surface area (Å²) in [6, 6.07) is 1.08. The lowest BCUT2D eigenvalue weighted by molar-refractivity contribution is 0.0528. The molecule has 0 spiro atoms. The van der Waals surface area contributed by atoms with Gasteiger partial charge in [-0.2, -0.15) is 5.10 Å². The lowest BCUT2D eigenvalue weighted by atomic mass is 10.2. The molecule has 2 heterocycles. The quantitative estimate of drug-likeness (QED) is 0.257. The fourth-order valence-electron chi connectivity index (χ4n) is 2.09. The van der Waals surface area contributed by atoms with E-state index in [1.807, 2.05) is 0 Å². The Morgan fingerprint density at radius 2 is 2.12 bits per heavy atom. The molecule has 2 rings (SSSR count). The zero-order valence-corrected chi connectivity index (χ0v) is 18.1. The van der Waals surface area contributed by atoms with Crippen LogP contribution in [0.3, 0.4) is 0 Å². The molecule has 0 aromatic carbocycles. The number of hydrogen-bond donors (Lipinski definition) is 0. The zero-order chi connectivity index (χ0) is 17.9. The van der Waals surface area contributed by atoms with Crippen molar-refractivity contribution in [3.63, 3.8) is 0 Å². The molecule has 0 aliphatic carbocycles. The van der Waals surface area contributed by atoms with Gasteiger partial charge in [0.05, 0.1) is 22.6 Å². The maximum absolute atomic E-state index is 12.2. The van der Waals surface area contributed by atoms with Crippen LogP contribution in [0, 0.1) is 3.70 Å². The number of carbonyl (C=O) groups excluding carboxylic acids is 1. The van der Waals surface area contributed by atoms with Gasteiger partial charge < -0.3 is 9.47 Å². The highest BCUT2D eigenvalue weighted by Gasteiger charge is 2.23. The van der Waals surface area contributed by atoms with E-state index in [9.17, 15) is 4.79 Å². The number of rotatable bonds is 7. The molecule has 2 aromatic rings. The first kappa shape index (κ1) is 19.6. The van der Waals surface area contributed by atoms with Crippen molar-refractivity contribution >= 4 is 59.3 Å². The first-order chi connectivity index (χ1) is 11.2. The van der Waals surface area contributed by atoms with Crippen molar-refractivity contribution < 1.29 is 14.3 Å². The van der Waals surface area contributed by atoms with Crippen LogP contribution in [-0.2, 0) is 16.2 Å². The van der Waals surface area contributed by atoms with E-state index in [1.54, 1.807) is 11.6 Å². The zero-order valence-electron chi connectivity index (χ0n) is 14.2. The van der Waals surface area contributed by atoms with Crippen LogP contribution in [0.15, 0.2) is 6.20 Å². The first-order valence-corrected chi connectivity index (χ1v) is 12.9. The molecular formula is C15H21ClIN3O3Si. The molecule has 2 aromatic heterocycles. The SMILES string of the molecule is CCOC(=O)c1c(Cl)cnc2c1c(I)nn2COCC[Si](C)(C)C. The van der Waals surface area contributed by atoms with Crippen LogP contribution in [0.5, 0.6) is 0 Å². The Morgan fingerprint density at radius 1 is 1.42 bits per heavy atom. The van der Waals surface area contributed by atoms with E-state index in [0.717, 1.165) is 6.04 Å². The molecule has 0 fully saturated rings. The second kappa shape index (κ2) is 8.11. The van der Waals surface area contributed by atoms with Gasteiger partial charge >= 0.3 is 5.97 Å². The maximum atomic E-state index is 12.2.